The van der Waals surface area contributed by atoms with Gasteiger partial charge in [0.1, 0.15) is 5.82 Å². The number of benzene rings is 1. The molecular formula is C30H37N5O2. The van der Waals surface area contributed by atoms with Crippen molar-refractivity contribution in [2.24, 2.45) is 0 Å². The number of fused-ring (bicyclic) bond motifs is 1. The van der Waals surface area contributed by atoms with Crippen LogP contribution in [0.2, 0.25) is 0 Å². The number of hydrogen-bond donors (Lipinski definition) is 0. The van der Waals surface area contributed by atoms with Gasteiger partial charge in [-0.3, -0.25) is 9.78 Å². The second-order valence-corrected chi connectivity index (χ2v) is 10.7. The van der Waals surface area contributed by atoms with Crippen LogP contribution in [0, 0.1) is 6.92 Å². The zero-order valence-corrected chi connectivity index (χ0v) is 22.6. The second-order valence-electron chi connectivity index (χ2n) is 10.7. The molecule has 2 atom stereocenters. The van der Waals surface area contributed by atoms with Crippen molar-refractivity contribution in [1.29, 1.82) is 0 Å². The summed E-state index contributed by atoms with van der Waals surface area (Å²) in [4.78, 5) is 29.5. The number of methoxy groups -OCH3 is 1. The zero-order chi connectivity index (χ0) is 26.3. The van der Waals surface area contributed by atoms with Gasteiger partial charge in [0.05, 0.1) is 17.3 Å². The number of nitrogens with zero attached hydrogens (tertiary/aromatic N) is 5. The molecule has 194 valence electrons. The van der Waals surface area contributed by atoms with Gasteiger partial charge in [0, 0.05) is 61.2 Å². The molecule has 37 heavy (non-hydrogen) atoms. The molecule has 2 aliphatic rings. The molecular weight excluding hydrogens is 462 g/mol. The Morgan fingerprint density at radius 2 is 1.81 bits per heavy atom. The number of rotatable bonds is 7. The predicted molar refractivity (Wildman–Crippen MR) is 150 cm³/mol. The van der Waals surface area contributed by atoms with Crippen LogP contribution in [0.25, 0.3) is 22.0 Å². The van der Waals surface area contributed by atoms with Crippen LogP contribution in [0.15, 0.2) is 54.9 Å². The maximum atomic E-state index is 13.5. The SMILES string of the molecule is C=C(C)C(=O)N(c1c(C)cnc2ccc(-c3ccc(N4CC(N(C)C)C4)nc3)cc12)[C@H]1CC[C@H](OC)C1. The topological polar surface area (TPSA) is 61.8 Å². The number of pyridine rings is 2. The molecule has 1 saturated heterocycles. The number of likely N-dealkylation sites (N-methyl/N-ethyl adjacent to an activating group) is 1. The summed E-state index contributed by atoms with van der Waals surface area (Å²) >= 11 is 0. The smallest absolute Gasteiger partial charge is 0.253 e. The number of hydrogen-bond acceptors (Lipinski definition) is 6. The molecule has 1 saturated carbocycles. The first-order chi connectivity index (χ1) is 17.8. The highest BCUT2D eigenvalue weighted by atomic mass is 16.5. The molecule has 0 radical (unpaired) electrons. The fourth-order valence-electron chi connectivity index (χ4n) is 5.51. The van der Waals surface area contributed by atoms with Crippen molar-refractivity contribution in [3.8, 4) is 11.1 Å². The maximum absolute atomic E-state index is 13.5. The van der Waals surface area contributed by atoms with Gasteiger partial charge >= 0.3 is 0 Å². The molecule has 3 aromatic rings. The first-order valence-corrected chi connectivity index (χ1v) is 13.1. The Morgan fingerprint density at radius 1 is 1.05 bits per heavy atom. The van der Waals surface area contributed by atoms with Gasteiger partial charge in [0.2, 0.25) is 0 Å². The highest BCUT2D eigenvalue weighted by Crippen LogP contribution is 2.38. The molecule has 1 aliphatic carbocycles. The Labute approximate surface area is 219 Å². The Bertz CT molecular complexity index is 1310. The average molecular weight is 500 g/mol. The third-order valence-corrected chi connectivity index (χ3v) is 7.90. The molecule has 0 unspecified atom stereocenters. The Balaban J connectivity index is 1.51. The monoisotopic (exact) mass is 499 g/mol. The van der Waals surface area contributed by atoms with Crippen molar-refractivity contribution in [3.63, 3.8) is 0 Å². The molecule has 2 aromatic heterocycles. The van der Waals surface area contributed by atoms with E-state index in [9.17, 15) is 4.79 Å². The van der Waals surface area contributed by atoms with Gasteiger partial charge in [0.25, 0.3) is 5.91 Å². The molecule has 0 N–H and O–H groups in total. The second kappa shape index (κ2) is 10.2. The summed E-state index contributed by atoms with van der Waals surface area (Å²) in [6.07, 6.45) is 6.63. The fraction of sp³-hybridized carbons (Fsp3) is 0.433. The molecule has 2 fully saturated rings. The minimum absolute atomic E-state index is 0.0423. The molecule has 1 aromatic carbocycles. The van der Waals surface area contributed by atoms with E-state index in [2.05, 4.69) is 59.7 Å². The van der Waals surface area contributed by atoms with Gasteiger partial charge in [-0.05, 0) is 82.6 Å². The molecule has 3 heterocycles. The lowest BCUT2D eigenvalue weighted by Gasteiger charge is -2.43. The summed E-state index contributed by atoms with van der Waals surface area (Å²) in [5.74, 6) is 0.965. The minimum Gasteiger partial charge on any atom is -0.381 e. The average Bonchev–Trinajstić information content (AvgIpc) is 3.33. The van der Waals surface area contributed by atoms with Crippen LogP contribution >= 0.6 is 0 Å². The first-order valence-electron chi connectivity index (χ1n) is 13.1. The standard InChI is InChI=1S/C30H37N5O2/c1-19(2)30(36)35(23-9-10-25(14-23)37-6)29-20(3)15-31-27-11-7-21(13-26(27)29)22-8-12-28(32-16-22)34-17-24(18-34)33(4)5/h7-8,11-13,15-16,23-25H,1,9-10,14,17-18H2,2-6H3/t23-,25-/m0/s1. The first kappa shape index (κ1) is 25.4. The van der Waals surface area contributed by atoms with Crippen molar-refractivity contribution in [2.45, 2.75) is 51.3 Å². The van der Waals surface area contributed by atoms with Crippen molar-refractivity contribution in [3.05, 3.63) is 60.4 Å². The van der Waals surface area contributed by atoms with E-state index < -0.39 is 0 Å². The summed E-state index contributed by atoms with van der Waals surface area (Å²) in [5, 5.41) is 0.966. The Hall–Kier alpha value is -3.29. The summed E-state index contributed by atoms with van der Waals surface area (Å²) < 4.78 is 5.63. The third kappa shape index (κ3) is 4.86. The van der Waals surface area contributed by atoms with Gasteiger partial charge in [-0.2, -0.15) is 0 Å². The van der Waals surface area contributed by atoms with E-state index in [1.165, 1.54) is 0 Å². The molecule has 7 heteroatoms. The lowest BCUT2D eigenvalue weighted by Crippen LogP contribution is -2.57. The molecule has 1 amide bonds. The van der Waals surface area contributed by atoms with Crippen LogP contribution in [-0.4, -0.2) is 73.3 Å². The van der Waals surface area contributed by atoms with Gasteiger partial charge in [-0.15, -0.1) is 0 Å². The van der Waals surface area contributed by atoms with Crippen LogP contribution in [0.1, 0.15) is 31.7 Å². The number of carbonyl (C=O) groups excluding carboxylic acids is 1. The zero-order valence-electron chi connectivity index (χ0n) is 22.6. The Kier molecular flexibility index (Phi) is 7.01. The summed E-state index contributed by atoms with van der Waals surface area (Å²) in [6.45, 7) is 9.80. The summed E-state index contributed by atoms with van der Waals surface area (Å²) in [7, 11) is 5.99. The highest BCUT2D eigenvalue weighted by molar-refractivity contribution is 6.11. The number of ether oxygens (including phenoxy) is 1. The highest BCUT2D eigenvalue weighted by Gasteiger charge is 2.35. The normalized spacial score (nSPS) is 19.9. The third-order valence-electron chi connectivity index (χ3n) is 7.90. The summed E-state index contributed by atoms with van der Waals surface area (Å²) in [6, 6.07) is 11.1. The van der Waals surface area contributed by atoms with E-state index >= 15 is 0 Å². The maximum Gasteiger partial charge on any atom is 0.253 e. The van der Waals surface area contributed by atoms with Gasteiger partial charge in [-0.1, -0.05) is 12.6 Å². The van der Waals surface area contributed by atoms with Crippen LogP contribution in [0.4, 0.5) is 11.5 Å². The van der Waals surface area contributed by atoms with E-state index in [0.29, 0.717) is 11.6 Å². The fourth-order valence-corrected chi connectivity index (χ4v) is 5.51. The van der Waals surface area contributed by atoms with Crippen molar-refractivity contribution in [2.75, 3.05) is 44.1 Å². The van der Waals surface area contributed by atoms with Crippen molar-refractivity contribution < 1.29 is 9.53 Å². The van der Waals surface area contributed by atoms with Crippen LogP contribution in [0.3, 0.4) is 0 Å². The van der Waals surface area contributed by atoms with Gasteiger partial charge in [-0.25, -0.2) is 4.98 Å². The summed E-state index contributed by atoms with van der Waals surface area (Å²) in [5.41, 5.74) is 5.39. The van der Waals surface area contributed by atoms with E-state index in [-0.39, 0.29) is 18.1 Å². The molecule has 1 aliphatic heterocycles. The quantitative estimate of drug-likeness (QED) is 0.434. The Morgan fingerprint density at radius 3 is 2.43 bits per heavy atom. The van der Waals surface area contributed by atoms with E-state index in [0.717, 1.165) is 71.5 Å². The predicted octanol–water partition coefficient (Wildman–Crippen LogP) is 4.83. The largest absolute Gasteiger partial charge is 0.381 e. The van der Waals surface area contributed by atoms with Gasteiger partial charge in [0.15, 0.2) is 0 Å². The molecule has 0 spiro atoms. The van der Waals surface area contributed by atoms with E-state index in [4.69, 9.17) is 9.72 Å². The molecule has 7 nitrogen and oxygen atoms in total. The lowest BCUT2D eigenvalue weighted by atomic mass is 10.00. The van der Waals surface area contributed by atoms with Crippen LogP contribution < -0.4 is 9.80 Å². The number of anilines is 2. The number of aromatic nitrogens is 2. The van der Waals surface area contributed by atoms with E-state index in [1.54, 1.807) is 14.0 Å². The number of amides is 1. The van der Waals surface area contributed by atoms with Crippen molar-refractivity contribution >= 4 is 28.3 Å². The van der Waals surface area contributed by atoms with Crippen LogP contribution in [0.5, 0.6) is 0 Å². The van der Waals surface area contributed by atoms with Gasteiger partial charge < -0.3 is 19.4 Å². The number of aryl methyl sites for hydroxylation is 1. The molecule has 0 bridgehead atoms. The lowest BCUT2D eigenvalue weighted by molar-refractivity contribution is -0.115. The van der Waals surface area contributed by atoms with Crippen LogP contribution in [-0.2, 0) is 9.53 Å². The molecule has 5 rings (SSSR count). The van der Waals surface area contributed by atoms with E-state index in [1.807, 2.05) is 30.3 Å². The minimum atomic E-state index is -0.0423. The number of carbonyl (C=O) groups is 1. The van der Waals surface area contributed by atoms with Crippen molar-refractivity contribution in [1.82, 2.24) is 14.9 Å².